The van der Waals surface area contributed by atoms with E-state index in [-0.39, 0.29) is 0 Å². The van der Waals surface area contributed by atoms with E-state index in [1.165, 1.54) is 31.2 Å². The van der Waals surface area contributed by atoms with E-state index in [2.05, 4.69) is 19.1 Å². The van der Waals surface area contributed by atoms with Gasteiger partial charge in [-0.05, 0) is 18.4 Å². The maximum atomic E-state index is 6.06. The lowest BCUT2D eigenvalue weighted by Crippen LogP contribution is -2.21. The van der Waals surface area contributed by atoms with Crippen LogP contribution in [0, 0.1) is 0 Å². The van der Waals surface area contributed by atoms with Crippen LogP contribution >= 0.6 is 0 Å². The smallest absolute Gasteiger partial charge is 0.0716 e. The summed E-state index contributed by atoms with van der Waals surface area (Å²) in [5.74, 6) is 0. The zero-order valence-electron chi connectivity index (χ0n) is 11.6. The van der Waals surface area contributed by atoms with E-state index in [1.54, 1.807) is 0 Å². The molecule has 2 nitrogen and oxygen atoms in total. The Morgan fingerprint density at radius 1 is 1.06 bits per heavy atom. The van der Waals surface area contributed by atoms with Crippen LogP contribution in [0.15, 0.2) is 30.3 Å². The molecule has 0 amide bonds. The molecular formula is C16H27NO. The van der Waals surface area contributed by atoms with E-state index < -0.39 is 0 Å². The van der Waals surface area contributed by atoms with Gasteiger partial charge in [0.1, 0.15) is 0 Å². The molecule has 1 atom stereocenters. The molecule has 0 saturated carbocycles. The van der Waals surface area contributed by atoms with Gasteiger partial charge in [0.15, 0.2) is 0 Å². The van der Waals surface area contributed by atoms with Crippen molar-refractivity contribution >= 4 is 0 Å². The Morgan fingerprint density at radius 3 is 2.56 bits per heavy atom. The summed E-state index contributed by atoms with van der Waals surface area (Å²) in [5, 5.41) is 0. The Hall–Kier alpha value is -0.860. The topological polar surface area (TPSA) is 35.2 Å². The normalized spacial score (nSPS) is 12.6. The first-order valence-corrected chi connectivity index (χ1v) is 7.20. The maximum Gasteiger partial charge on any atom is 0.0716 e. The SMILES string of the molecule is CCCCCC[C@@H](N)CCOCc1ccccc1. The van der Waals surface area contributed by atoms with Crippen molar-refractivity contribution < 1.29 is 4.74 Å². The summed E-state index contributed by atoms with van der Waals surface area (Å²) < 4.78 is 5.64. The van der Waals surface area contributed by atoms with Crippen molar-refractivity contribution in [1.29, 1.82) is 0 Å². The monoisotopic (exact) mass is 249 g/mol. The average Bonchev–Trinajstić information content (AvgIpc) is 2.41. The van der Waals surface area contributed by atoms with Crippen LogP contribution in [0.3, 0.4) is 0 Å². The molecular weight excluding hydrogens is 222 g/mol. The van der Waals surface area contributed by atoms with Crippen molar-refractivity contribution in [1.82, 2.24) is 0 Å². The predicted octanol–water partition coefficient (Wildman–Crippen LogP) is 3.89. The molecule has 0 fully saturated rings. The first kappa shape index (κ1) is 15.2. The molecule has 0 unspecified atom stereocenters. The molecule has 2 heteroatoms. The van der Waals surface area contributed by atoms with E-state index in [0.29, 0.717) is 12.6 Å². The third kappa shape index (κ3) is 7.46. The Morgan fingerprint density at radius 2 is 1.83 bits per heavy atom. The zero-order chi connectivity index (χ0) is 13.1. The molecule has 18 heavy (non-hydrogen) atoms. The van der Waals surface area contributed by atoms with Crippen molar-refractivity contribution in [3.8, 4) is 0 Å². The molecule has 0 heterocycles. The molecule has 102 valence electrons. The highest BCUT2D eigenvalue weighted by molar-refractivity contribution is 5.13. The van der Waals surface area contributed by atoms with Gasteiger partial charge < -0.3 is 10.5 Å². The third-order valence-corrected chi connectivity index (χ3v) is 3.17. The molecule has 0 bridgehead atoms. The van der Waals surface area contributed by atoms with E-state index in [0.717, 1.165) is 19.4 Å². The minimum absolute atomic E-state index is 0.303. The van der Waals surface area contributed by atoms with E-state index in [4.69, 9.17) is 10.5 Å². The Labute approximate surface area is 112 Å². The molecule has 0 radical (unpaired) electrons. The maximum absolute atomic E-state index is 6.06. The van der Waals surface area contributed by atoms with Crippen LogP contribution in [0.25, 0.3) is 0 Å². The Bertz CT molecular complexity index is 286. The second-order valence-corrected chi connectivity index (χ2v) is 4.94. The third-order valence-electron chi connectivity index (χ3n) is 3.17. The van der Waals surface area contributed by atoms with Crippen LogP contribution in [0.1, 0.15) is 51.0 Å². The van der Waals surface area contributed by atoms with Gasteiger partial charge in [0.2, 0.25) is 0 Å². The van der Waals surface area contributed by atoms with Crippen LogP contribution < -0.4 is 5.73 Å². The molecule has 0 aromatic heterocycles. The fraction of sp³-hybridized carbons (Fsp3) is 0.625. The molecule has 0 aliphatic rings. The summed E-state index contributed by atoms with van der Waals surface area (Å²) in [5.41, 5.74) is 7.29. The number of nitrogens with two attached hydrogens (primary N) is 1. The average molecular weight is 249 g/mol. The van der Waals surface area contributed by atoms with Gasteiger partial charge in [-0.2, -0.15) is 0 Å². The fourth-order valence-corrected chi connectivity index (χ4v) is 1.98. The first-order chi connectivity index (χ1) is 8.83. The standard InChI is InChI=1S/C16H27NO/c1-2-3-4-8-11-16(17)12-13-18-14-15-9-6-5-7-10-15/h5-7,9-10,16H,2-4,8,11-14,17H2,1H3/t16-/m1/s1. The molecule has 0 spiro atoms. The lowest BCUT2D eigenvalue weighted by molar-refractivity contribution is 0.113. The molecule has 0 aliphatic heterocycles. The van der Waals surface area contributed by atoms with Crippen LogP contribution in [0.5, 0.6) is 0 Å². The predicted molar refractivity (Wildman–Crippen MR) is 77.4 cm³/mol. The summed E-state index contributed by atoms with van der Waals surface area (Å²) in [7, 11) is 0. The van der Waals surface area contributed by atoms with Crippen molar-refractivity contribution in [2.24, 2.45) is 5.73 Å². The van der Waals surface area contributed by atoms with Crippen LogP contribution in [0.2, 0.25) is 0 Å². The molecule has 1 aromatic rings. The summed E-state index contributed by atoms with van der Waals surface area (Å²) in [6, 6.07) is 10.6. The van der Waals surface area contributed by atoms with Gasteiger partial charge in [-0.1, -0.05) is 62.9 Å². The highest BCUT2D eigenvalue weighted by atomic mass is 16.5. The summed E-state index contributed by atoms with van der Waals surface area (Å²) in [6.45, 7) is 3.70. The largest absolute Gasteiger partial charge is 0.377 e. The lowest BCUT2D eigenvalue weighted by Gasteiger charge is -2.11. The van der Waals surface area contributed by atoms with Crippen molar-refractivity contribution in [3.05, 3.63) is 35.9 Å². The first-order valence-electron chi connectivity index (χ1n) is 7.20. The Balaban J connectivity index is 1.97. The fourth-order valence-electron chi connectivity index (χ4n) is 1.98. The quantitative estimate of drug-likeness (QED) is 0.638. The summed E-state index contributed by atoms with van der Waals surface area (Å²) >= 11 is 0. The van der Waals surface area contributed by atoms with E-state index >= 15 is 0 Å². The van der Waals surface area contributed by atoms with Gasteiger partial charge in [0.25, 0.3) is 0 Å². The molecule has 0 saturated heterocycles. The van der Waals surface area contributed by atoms with Gasteiger partial charge in [-0.3, -0.25) is 0 Å². The highest BCUT2D eigenvalue weighted by Crippen LogP contribution is 2.07. The lowest BCUT2D eigenvalue weighted by atomic mass is 10.1. The van der Waals surface area contributed by atoms with Gasteiger partial charge in [-0.25, -0.2) is 0 Å². The van der Waals surface area contributed by atoms with Crippen LogP contribution in [-0.4, -0.2) is 12.6 Å². The number of hydrogen-bond donors (Lipinski definition) is 1. The minimum Gasteiger partial charge on any atom is -0.377 e. The van der Waals surface area contributed by atoms with E-state index in [9.17, 15) is 0 Å². The van der Waals surface area contributed by atoms with Gasteiger partial charge >= 0.3 is 0 Å². The molecule has 1 aromatic carbocycles. The van der Waals surface area contributed by atoms with Crippen molar-refractivity contribution in [2.45, 2.75) is 58.1 Å². The number of hydrogen-bond acceptors (Lipinski definition) is 2. The highest BCUT2D eigenvalue weighted by Gasteiger charge is 2.02. The number of ether oxygens (including phenoxy) is 1. The zero-order valence-corrected chi connectivity index (χ0v) is 11.6. The van der Waals surface area contributed by atoms with Gasteiger partial charge in [0, 0.05) is 12.6 Å². The molecule has 1 rings (SSSR count). The van der Waals surface area contributed by atoms with Crippen molar-refractivity contribution in [2.75, 3.05) is 6.61 Å². The number of unbranched alkanes of at least 4 members (excludes halogenated alkanes) is 3. The van der Waals surface area contributed by atoms with E-state index in [1.807, 2.05) is 18.2 Å². The van der Waals surface area contributed by atoms with Crippen LogP contribution in [0.4, 0.5) is 0 Å². The second-order valence-electron chi connectivity index (χ2n) is 4.94. The van der Waals surface area contributed by atoms with Gasteiger partial charge in [0.05, 0.1) is 6.61 Å². The van der Waals surface area contributed by atoms with Crippen molar-refractivity contribution in [3.63, 3.8) is 0 Å². The number of benzene rings is 1. The molecule has 0 aliphatic carbocycles. The van der Waals surface area contributed by atoms with Crippen LogP contribution in [-0.2, 0) is 11.3 Å². The Kier molecular flexibility index (Phi) is 8.53. The second kappa shape index (κ2) is 10.1. The number of rotatable bonds is 10. The summed E-state index contributed by atoms with van der Waals surface area (Å²) in [4.78, 5) is 0. The molecule has 2 N–H and O–H groups in total. The minimum atomic E-state index is 0.303. The van der Waals surface area contributed by atoms with Gasteiger partial charge in [-0.15, -0.1) is 0 Å². The summed E-state index contributed by atoms with van der Waals surface area (Å²) in [6.07, 6.45) is 7.29.